The summed E-state index contributed by atoms with van der Waals surface area (Å²) in [7, 11) is 0. The predicted octanol–water partition coefficient (Wildman–Crippen LogP) is 2.36. The first-order valence-electron chi connectivity index (χ1n) is 6.02. The Morgan fingerprint density at radius 1 is 1.55 bits per heavy atom. The molecule has 0 aromatic heterocycles. The molecule has 0 saturated heterocycles. The number of carbonyl (C=O) groups excluding carboxylic acids is 1. The van der Waals surface area contributed by atoms with Crippen LogP contribution in [0.15, 0.2) is 18.2 Å². The number of rotatable bonds is 5. The molecule has 0 spiro atoms. The van der Waals surface area contributed by atoms with Crippen LogP contribution in [-0.4, -0.2) is 28.8 Å². The van der Waals surface area contributed by atoms with Crippen LogP contribution in [-0.2, 0) is 0 Å². The van der Waals surface area contributed by atoms with Gasteiger partial charge in [0.2, 0.25) is 0 Å². The molecule has 6 nitrogen and oxygen atoms in total. The molecule has 0 radical (unpaired) electrons. The topological polar surface area (TPSA) is 87.2 Å². The third-order valence-electron chi connectivity index (χ3n) is 2.72. The summed E-state index contributed by atoms with van der Waals surface area (Å²) in [5.41, 5.74) is -0.568. The van der Waals surface area contributed by atoms with E-state index < -0.39 is 22.3 Å². The van der Waals surface area contributed by atoms with Crippen molar-refractivity contribution in [2.24, 2.45) is 5.92 Å². The fourth-order valence-electron chi connectivity index (χ4n) is 1.71. The lowest BCUT2D eigenvalue weighted by Gasteiger charge is -2.21. The number of hydrogen-bond acceptors (Lipinski definition) is 4. The van der Waals surface area contributed by atoms with Crippen LogP contribution in [0.25, 0.3) is 0 Å². The highest BCUT2D eigenvalue weighted by molar-refractivity contribution is 5.94. The molecule has 1 unspecified atom stereocenters. The zero-order valence-electron chi connectivity index (χ0n) is 11.2. The predicted molar refractivity (Wildman–Crippen MR) is 69.4 cm³/mol. The highest BCUT2D eigenvalue weighted by atomic mass is 19.1. The van der Waals surface area contributed by atoms with E-state index in [0.717, 1.165) is 18.2 Å². The van der Waals surface area contributed by atoms with Crippen molar-refractivity contribution < 1.29 is 14.1 Å². The van der Waals surface area contributed by atoms with Gasteiger partial charge in [-0.05, 0) is 19.9 Å². The van der Waals surface area contributed by atoms with Gasteiger partial charge >= 0.3 is 0 Å². The molecule has 1 atom stereocenters. The summed E-state index contributed by atoms with van der Waals surface area (Å²) in [4.78, 5) is 23.4. The maximum Gasteiger partial charge on any atom is 0.273 e. The van der Waals surface area contributed by atoms with Gasteiger partial charge in [0.15, 0.2) is 0 Å². The summed E-state index contributed by atoms with van der Waals surface area (Å²) in [5, 5.41) is 19.4. The average molecular weight is 279 g/mol. The van der Waals surface area contributed by atoms with Gasteiger partial charge in [-0.15, -0.1) is 0 Å². The summed E-state index contributed by atoms with van der Waals surface area (Å²) in [6, 6.07) is 4.74. The Kier molecular flexibility index (Phi) is 5.15. The van der Waals surface area contributed by atoms with Gasteiger partial charge in [-0.3, -0.25) is 14.9 Å². The normalized spacial score (nSPS) is 11.5. The minimum Gasteiger partial charge on any atom is -0.338 e. The molecule has 0 heterocycles. The van der Waals surface area contributed by atoms with Crippen LogP contribution in [0.4, 0.5) is 10.1 Å². The van der Waals surface area contributed by atoms with Gasteiger partial charge in [0.1, 0.15) is 5.82 Å². The maximum absolute atomic E-state index is 13.3. The van der Waals surface area contributed by atoms with E-state index in [-0.39, 0.29) is 18.0 Å². The van der Waals surface area contributed by atoms with Crippen LogP contribution in [0.3, 0.4) is 0 Å². The first kappa shape index (κ1) is 15.6. The third kappa shape index (κ3) is 3.75. The van der Waals surface area contributed by atoms with Gasteiger partial charge in [-0.2, -0.15) is 5.26 Å². The molecule has 0 aliphatic carbocycles. The van der Waals surface area contributed by atoms with Gasteiger partial charge in [0.25, 0.3) is 11.6 Å². The van der Waals surface area contributed by atoms with Crippen molar-refractivity contribution in [1.29, 1.82) is 5.26 Å². The second-order valence-electron chi connectivity index (χ2n) is 4.33. The number of halogens is 1. The van der Waals surface area contributed by atoms with E-state index in [1.54, 1.807) is 13.8 Å². The zero-order valence-corrected chi connectivity index (χ0v) is 11.2. The zero-order chi connectivity index (χ0) is 15.3. The minimum atomic E-state index is -0.841. The fraction of sp³-hybridized carbons (Fsp3) is 0.385. The molecule has 0 bridgehead atoms. The molecule has 0 fully saturated rings. The van der Waals surface area contributed by atoms with E-state index in [0.29, 0.717) is 6.54 Å². The van der Waals surface area contributed by atoms with Gasteiger partial charge < -0.3 is 4.90 Å². The molecular weight excluding hydrogens is 265 g/mol. The summed E-state index contributed by atoms with van der Waals surface area (Å²) >= 11 is 0. The molecule has 0 aliphatic heterocycles. The second kappa shape index (κ2) is 6.61. The van der Waals surface area contributed by atoms with E-state index >= 15 is 0 Å². The number of benzene rings is 1. The van der Waals surface area contributed by atoms with E-state index in [2.05, 4.69) is 0 Å². The number of nitrogens with zero attached hydrogens (tertiary/aromatic N) is 3. The minimum absolute atomic E-state index is 0.0938. The molecular formula is C13H14FN3O3. The Bertz CT molecular complexity index is 568. The number of nitro groups is 1. The van der Waals surface area contributed by atoms with Gasteiger partial charge in [-0.1, -0.05) is 0 Å². The smallest absolute Gasteiger partial charge is 0.273 e. The largest absolute Gasteiger partial charge is 0.338 e. The Hall–Kier alpha value is -2.49. The number of hydrogen-bond donors (Lipinski definition) is 0. The van der Waals surface area contributed by atoms with Crippen molar-refractivity contribution in [3.63, 3.8) is 0 Å². The van der Waals surface area contributed by atoms with E-state index in [1.165, 1.54) is 4.90 Å². The average Bonchev–Trinajstić information content (AvgIpc) is 2.42. The van der Waals surface area contributed by atoms with Crippen molar-refractivity contribution >= 4 is 11.6 Å². The Balaban J connectivity index is 3.07. The molecule has 106 valence electrons. The van der Waals surface area contributed by atoms with Gasteiger partial charge in [-0.25, -0.2) is 4.39 Å². The Morgan fingerprint density at radius 3 is 2.70 bits per heavy atom. The molecule has 1 aromatic carbocycles. The fourth-order valence-corrected chi connectivity index (χ4v) is 1.71. The third-order valence-corrected chi connectivity index (χ3v) is 2.72. The lowest BCUT2D eigenvalue weighted by Crippen LogP contribution is -2.34. The maximum atomic E-state index is 13.3. The second-order valence-corrected chi connectivity index (χ2v) is 4.33. The lowest BCUT2D eigenvalue weighted by molar-refractivity contribution is -0.385. The van der Waals surface area contributed by atoms with Crippen molar-refractivity contribution in [2.75, 3.05) is 13.1 Å². The molecule has 0 aliphatic rings. The molecule has 0 saturated carbocycles. The number of nitro benzene ring substituents is 1. The van der Waals surface area contributed by atoms with Crippen molar-refractivity contribution in [3.05, 3.63) is 39.7 Å². The Labute approximate surface area is 115 Å². The van der Waals surface area contributed by atoms with E-state index in [4.69, 9.17) is 5.26 Å². The summed E-state index contributed by atoms with van der Waals surface area (Å²) in [6.45, 7) is 3.89. The van der Waals surface area contributed by atoms with Crippen LogP contribution in [0.5, 0.6) is 0 Å². The summed E-state index contributed by atoms with van der Waals surface area (Å²) in [5.74, 6) is -1.74. The van der Waals surface area contributed by atoms with Crippen molar-refractivity contribution in [2.45, 2.75) is 13.8 Å². The lowest BCUT2D eigenvalue weighted by atomic mass is 10.1. The SMILES string of the molecule is CCN(CC(C)C#N)C(=O)c1cc(F)cc([N+](=O)[O-])c1. The number of carbonyl (C=O) groups is 1. The highest BCUT2D eigenvalue weighted by Crippen LogP contribution is 2.18. The van der Waals surface area contributed by atoms with Crippen molar-refractivity contribution in [1.82, 2.24) is 4.90 Å². The number of nitriles is 1. The van der Waals surface area contributed by atoms with Crippen LogP contribution >= 0.6 is 0 Å². The first-order chi connectivity index (χ1) is 9.38. The summed E-state index contributed by atoms with van der Waals surface area (Å²) < 4.78 is 13.3. The molecule has 0 N–H and O–H groups in total. The van der Waals surface area contributed by atoms with Gasteiger partial charge in [0, 0.05) is 24.7 Å². The molecule has 20 heavy (non-hydrogen) atoms. The first-order valence-corrected chi connectivity index (χ1v) is 6.02. The quantitative estimate of drug-likeness (QED) is 0.611. The number of non-ortho nitro benzene ring substituents is 1. The Morgan fingerprint density at radius 2 is 2.20 bits per heavy atom. The van der Waals surface area contributed by atoms with E-state index in [1.807, 2.05) is 6.07 Å². The van der Waals surface area contributed by atoms with Crippen LogP contribution in [0.2, 0.25) is 0 Å². The van der Waals surface area contributed by atoms with E-state index in [9.17, 15) is 19.3 Å². The molecule has 1 rings (SSSR count). The molecule has 1 amide bonds. The summed E-state index contributed by atoms with van der Waals surface area (Å²) in [6.07, 6.45) is 0. The molecule has 7 heteroatoms. The van der Waals surface area contributed by atoms with Crippen LogP contribution in [0.1, 0.15) is 24.2 Å². The highest BCUT2D eigenvalue weighted by Gasteiger charge is 2.20. The van der Waals surface area contributed by atoms with Gasteiger partial charge in [0.05, 0.1) is 23.0 Å². The standard InChI is InChI=1S/C13H14FN3O3/c1-3-16(8-9(2)7-15)13(18)10-4-11(14)6-12(5-10)17(19)20/h4-6,9H,3,8H2,1-2H3. The van der Waals surface area contributed by atoms with Crippen molar-refractivity contribution in [3.8, 4) is 6.07 Å². The molecule has 1 aromatic rings. The van der Waals surface area contributed by atoms with Crippen LogP contribution in [0, 0.1) is 33.2 Å². The van der Waals surface area contributed by atoms with Crippen LogP contribution < -0.4 is 0 Å². The number of amides is 1. The monoisotopic (exact) mass is 279 g/mol.